The van der Waals surface area contributed by atoms with Crippen LogP contribution in [0.3, 0.4) is 0 Å². The van der Waals surface area contributed by atoms with Crippen LogP contribution in [0.25, 0.3) is 0 Å². The number of nitrogens with one attached hydrogen (secondary N) is 1. The van der Waals surface area contributed by atoms with Crippen LogP contribution in [-0.4, -0.2) is 23.0 Å². The molecular weight excluding hydrogens is 118 g/mol. The van der Waals surface area contributed by atoms with Crippen molar-refractivity contribution >= 4 is 0 Å². The zero-order valence-electron chi connectivity index (χ0n) is 5.96. The zero-order chi connectivity index (χ0) is 7.28. The van der Waals surface area contributed by atoms with Gasteiger partial charge < -0.3 is 10.3 Å². The van der Waals surface area contributed by atoms with Crippen LogP contribution in [0.15, 0.2) is 0 Å². The van der Waals surface area contributed by atoms with Crippen LogP contribution < -0.4 is 5.48 Å². The number of aliphatic hydroxyl groups is 1. The van der Waals surface area contributed by atoms with E-state index in [1.165, 1.54) is 0 Å². The minimum Gasteiger partial charge on any atom is -0.396 e. The highest BCUT2D eigenvalue weighted by Gasteiger charge is 2.09. The smallest absolute Gasteiger partial charge is 0.0446 e. The van der Waals surface area contributed by atoms with Crippen LogP contribution >= 0.6 is 0 Å². The van der Waals surface area contributed by atoms with E-state index in [-0.39, 0.29) is 12.6 Å². The van der Waals surface area contributed by atoms with Crippen molar-refractivity contribution in [1.82, 2.24) is 5.48 Å². The number of hydrogen-bond donors (Lipinski definition) is 3. The van der Waals surface area contributed by atoms with E-state index in [2.05, 4.69) is 5.48 Å². The van der Waals surface area contributed by atoms with Gasteiger partial charge in [0.25, 0.3) is 0 Å². The molecule has 0 heterocycles. The Morgan fingerprint density at radius 2 is 2.00 bits per heavy atom. The highest BCUT2D eigenvalue weighted by molar-refractivity contribution is 4.64. The highest BCUT2D eigenvalue weighted by Crippen LogP contribution is 2.03. The second-order valence-corrected chi connectivity index (χ2v) is 2.49. The first-order valence-electron chi connectivity index (χ1n) is 3.22. The van der Waals surface area contributed by atoms with Crippen LogP contribution in [0.1, 0.15) is 20.3 Å². The largest absolute Gasteiger partial charge is 0.396 e. The molecule has 0 aromatic rings. The maximum Gasteiger partial charge on any atom is 0.0446 e. The molecule has 1 atom stereocenters. The van der Waals surface area contributed by atoms with Crippen molar-refractivity contribution in [1.29, 1.82) is 0 Å². The Labute approximate surface area is 55.7 Å². The van der Waals surface area contributed by atoms with Gasteiger partial charge in [0.15, 0.2) is 0 Å². The standard InChI is InChI=1S/C6H15NO2/c1-5(2)6(7-9)3-4-8/h5-9H,3-4H2,1-2H3. The summed E-state index contributed by atoms with van der Waals surface area (Å²) in [6, 6.07) is 0.0231. The average molecular weight is 133 g/mol. The number of rotatable bonds is 4. The van der Waals surface area contributed by atoms with E-state index in [0.717, 1.165) is 0 Å². The lowest BCUT2D eigenvalue weighted by molar-refractivity contribution is 0.0886. The fraction of sp³-hybridized carbons (Fsp3) is 1.00. The van der Waals surface area contributed by atoms with Crippen molar-refractivity contribution in [2.45, 2.75) is 26.3 Å². The monoisotopic (exact) mass is 133 g/mol. The van der Waals surface area contributed by atoms with Gasteiger partial charge in [0.05, 0.1) is 0 Å². The molecule has 0 aliphatic rings. The zero-order valence-corrected chi connectivity index (χ0v) is 5.96. The van der Waals surface area contributed by atoms with Gasteiger partial charge in [-0.15, -0.1) is 0 Å². The Morgan fingerprint density at radius 1 is 1.44 bits per heavy atom. The molecular formula is C6H15NO2. The van der Waals surface area contributed by atoms with Crippen molar-refractivity contribution in [3.05, 3.63) is 0 Å². The summed E-state index contributed by atoms with van der Waals surface area (Å²) in [5.41, 5.74) is 2.14. The van der Waals surface area contributed by atoms with Crippen LogP contribution in [0.2, 0.25) is 0 Å². The van der Waals surface area contributed by atoms with E-state index in [4.69, 9.17) is 10.3 Å². The van der Waals surface area contributed by atoms with Crippen molar-refractivity contribution in [3.63, 3.8) is 0 Å². The highest BCUT2D eigenvalue weighted by atomic mass is 16.5. The molecule has 0 saturated carbocycles. The Balaban J connectivity index is 3.41. The Bertz CT molecular complexity index is 66.1. The summed E-state index contributed by atoms with van der Waals surface area (Å²) < 4.78 is 0. The second-order valence-electron chi connectivity index (χ2n) is 2.49. The van der Waals surface area contributed by atoms with E-state index in [9.17, 15) is 0 Å². The van der Waals surface area contributed by atoms with E-state index in [1.807, 2.05) is 13.8 Å². The SMILES string of the molecule is CC(C)C(CCO)NO. The predicted molar refractivity (Wildman–Crippen MR) is 35.3 cm³/mol. The molecule has 0 aliphatic heterocycles. The molecule has 0 aromatic heterocycles. The molecule has 56 valence electrons. The fourth-order valence-electron chi connectivity index (χ4n) is 0.686. The van der Waals surface area contributed by atoms with Gasteiger partial charge in [-0.1, -0.05) is 13.8 Å². The molecule has 3 nitrogen and oxygen atoms in total. The minimum absolute atomic E-state index is 0.0231. The summed E-state index contributed by atoms with van der Waals surface area (Å²) in [7, 11) is 0. The van der Waals surface area contributed by atoms with E-state index in [1.54, 1.807) is 0 Å². The van der Waals surface area contributed by atoms with Gasteiger partial charge >= 0.3 is 0 Å². The molecule has 1 unspecified atom stereocenters. The van der Waals surface area contributed by atoms with Crippen LogP contribution in [0, 0.1) is 5.92 Å². The molecule has 0 rings (SSSR count). The lowest BCUT2D eigenvalue weighted by Crippen LogP contribution is -2.31. The first kappa shape index (κ1) is 8.88. The molecule has 3 heteroatoms. The lowest BCUT2D eigenvalue weighted by Gasteiger charge is -2.16. The quantitative estimate of drug-likeness (QED) is 0.486. The van der Waals surface area contributed by atoms with Crippen molar-refractivity contribution in [2.75, 3.05) is 6.61 Å². The van der Waals surface area contributed by atoms with Crippen LogP contribution in [-0.2, 0) is 0 Å². The Morgan fingerprint density at radius 3 is 2.11 bits per heavy atom. The normalized spacial score (nSPS) is 14.3. The van der Waals surface area contributed by atoms with Crippen LogP contribution in [0.4, 0.5) is 0 Å². The molecule has 0 aliphatic carbocycles. The van der Waals surface area contributed by atoms with E-state index < -0.39 is 0 Å². The average Bonchev–Trinajstić information content (AvgIpc) is 1.82. The van der Waals surface area contributed by atoms with Gasteiger partial charge in [0.1, 0.15) is 0 Å². The maximum absolute atomic E-state index is 8.47. The third-order valence-corrected chi connectivity index (χ3v) is 1.41. The summed E-state index contributed by atoms with van der Waals surface area (Å²) in [4.78, 5) is 0. The minimum atomic E-state index is 0.0231. The van der Waals surface area contributed by atoms with Gasteiger partial charge in [-0.3, -0.25) is 0 Å². The van der Waals surface area contributed by atoms with Gasteiger partial charge in [-0.25, -0.2) is 5.48 Å². The van der Waals surface area contributed by atoms with Gasteiger partial charge in [-0.2, -0.15) is 0 Å². The molecule has 0 amide bonds. The summed E-state index contributed by atoms with van der Waals surface area (Å²) in [5, 5.41) is 16.9. The summed E-state index contributed by atoms with van der Waals surface area (Å²) >= 11 is 0. The third-order valence-electron chi connectivity index (χ3n) is 1.41. The van der Waals surface area contributed by atoms with Crippen molar-refractivity contribution in [2.24, 2.45) is 5.92 Å². The number of hydroxylamine groups is 1. The summed E-state index contributed by atoms with van der Waals surface area (Å²) in [5.74, 6) is 0.363. The van der Waals surface area contributed by atoms with Gasteiger partial charge in [-0.05, 0) is 12.3 Å². The number of hydrogen-bond acceptors (Lipinski definition) is 3. The van der Waals surface area contributed by atoms with E-state index >= 15 is 0 Å². The first-order chi connectivity index (χ1) is 4.22. The molecule has 0 bridgehead atoms. The predicted octanol–water partition coefficient (Wildman–Crippen LogP) is 0.372. The summed E-state index contributed by atoms with van der Waals surface area (Å²) in [6.07, 6.45) is 0.605. The number of aliphatic hydroxyl groups excluding tert-OH is 1. The molecule has 3 N–H and O–H groups in total. The topological polar surface area (TPSA) is 52.5 Å². The maximum atomic E-state index is 8.47. The molecule has 0 radical (unpaired) electrons. The fourth-order valence-corrected chi connectivity index (χ4v) is 0.686. The molecule has 0 fully saturated rings. The second kappa shape index (κ2) is 4.73. The molecule has 0 aromatic carbocycles. The molecule has 0 spiro atoms. The van der Waals surface area contributed by atoms with Crippen LogP contribution in [0.5, 0.6) is 0 Å². The van der Waals surface area contributed by atoms with Crippen molar-refractivity contribution < 1.29 is 10.3 Å². The Hall–Kier alpha value is -0.120. The van der Waals surface area contributed by atoms with Crippen molar-refractivity contribution in [3.8, 4) is 0 Å². The summed E-state index contributed by atoms with van der Waals surface area (Å²) in [6.45, 7) is 4.10. The lowest BCUT2D eigenvalue weighted by atomic mass is 10.0. The molecule has 9 heavy (non-hydrogen) atoms. The third kappa shape index (κ3) is 3.46. The Kier molecular flexibility index (Phi) is 4.67. The first-order valence-corrected chi connectivity index (χ1v) is 3.22. The van der Waals surface area contributed by atoms with E-state index in [0.29, 0.717) is 12.3 Å². The molecule has 0 saturated heterocycles. The van der Waals surface area contributed by atoms with Gasteiger partial charge in [0.2, 0.25) is 0 Å². The van der Waals surface area contributed by atoms with Gasteiger partial charge in [0, 0.05) is 12.6 Å².